The van der Waals surface area contributed by atoms with E-state index in [-0.39, 0.29) is 5.82 Å². The summed E-state index contributed by atoms with van der Waals surface area (Å²) < 4.78 is 14.4. The molecule has 1 N–H and O–H groups in total. The van der Waals surface area contributed by atoms with E-state index in [9.17, 15) is 9.50 Å². The molecule has 0 aliphatic rings. The second-order valence-electron chi connectivity index (χ2n) is 4.08. The fourth-order valence-electron chi connectivity index (χ4n) is 1.77. The van der Waals surface area contributed by atoms with Crippen LogP contribution in [-0.2, 0) is 0 Å². The summed E-state index contributed by atoms with van der Waals surface area (Å²) in [6, 6.07) is 10.3. The molecule has 0 radical (unpaired) electrons. The Labute approximate surface area is 122 Å². The van der Waals surface area contributed by atoms with Gasteiger partial charge in [0.2, 0.25) is 0 Å². The van der Waals surface area contributed by atoms with Crippen LogP contribution in [-0.4, -0.2) is 5.11 Å². The highest BCUT2D eigenvalue weighted by Gasteiger charge is 2.14. The van der Waals surface area contributed by atoms with E-state index in [4.69, 9.17) is 0 Å². The fourth-order valence-corrected chi connectivity index (χ4v) is 2.54. The Hall–Kier alpha value is -0.710. The van der Waals surface area contributed by atoms with Crippen molar-refractivity contribution in [3.63, 3.8) is 0 Å². The lowest BCUT2D eigenvalue weighted by Gasteiger charge is -2.15. The van der Waals surface area contributed by atoms with Crippen LogP contribution in [0.25, 0.3) is 0 Å². The number of hydrogen-bond donors (Lipinski definition) is 1. The standard InChI is InChI=1S/C14H11Br2FO/c1-8-2-4-10(15)7-11(8)14(18)9-3-5-13(17)12(16)6-9/h2-7,14,18H,1H3. The Kier molecular flexibility index (Phi) is 4.20. The summed E-state index contributed by atoms with van der Waals surface area (Å²) in [6.07, 6.45) is -0.764. The molecule has 0 saturated carbocycles. The number of aliphatic hydroxyl groups is 1. The van der Waals surface area contributed by atoms with Gasteiger partial charge >= 0.3 is 0 Å². The Bertz CT molecular complexity index is 584. The minimum Gasteiger partial charge on any atom is -0.384 e. The maximum Gasteiger partial charge on any atom is 0.137 e. The predicted octanol–water partition coefficient (Wildman–Crippen LogP) is 4.74. The highest BCUT2D eigenvalue weighted by molar-refractivity contribution is 9.10. The zero-order valence-corrected chi connectivity index (χ0v) is 12.8. The van der Waals surface area contributed by atoms with E-state index >= 15 is 0 Å². The van der Waals surface area contributed by atoms with Crippen LogP contribution < -0.4 is 0 Å². The molecule has 0 amide bonds. The molecular formula is C14H11Br2FO. The molecule has 0 aromatic heterocycles. The van der Waals surface area contributed by atoms with Gasteiger partial charge in [-0.1, -0.05) is 28.1 Å². The van der Waals surface area contributed by atoms with Gasteiger partial charge in [0.25, 0.3) is 0 Å². The molecule has 0 bridgehead atoms. The van der Waals surface area contributed by atoms with Crippen LogP contribution in [0.1, 0.15) is 22.8 Å². The second kappa shape index (κ2) is 5.51. The summed E-state index contributed by atoms with van der Waals surface area (Å²) in [5.41, 5.74) is 2.46. The van der Waals surface area contributed by atoms with Crippen molar-refractivity contribution in [1.82, 2.24) is 0 Å². The summed E-state index contributed by atoms with van der Waals surface area (Å²) in [4.78, 5) is 0. The number of aryl methyl sites for hydroxylation is 1. The van der Waals surface area contributed by atoms with Crippen molar-refractivity contribution in [2.75, 3.05) is 0 Å². The summed E-state index contributed by atoms with van der Waals surface area (Å²) >= 11 is 6.51. The van der Waals surface area contributed by atoms with Gasteiger partial charge in [-0.15, -0.1) is 0 Å². The topological polar surface area (TPSA) is 20.2 Å². The van der Waals surface area contributed by atoms with E-state index in [2.05, 4.69) is 31.9 Å². The van der Waals surface area contributed by atoms with Crippen molar-refractivity contribution in [1.29, 1.82) is 0 Å². The number of rotatable bonds is 2. The quantitative estimate of drug-likeness (QED) is 0.805. The number of benzene rings is 2. The van der Waals surface area contributed by atoms with Gasteiger partial charge in [0.15, 0.2) is 0 Å². The van der Waals surface area contributed by atoms with Gasteiger partial charge in [-0.05, 0) is 63.8 Å². The highest BCUT2D eigenvalue weighted by atomic mass is 79.9. The second-order valence-corrected chi connectivity index (χ2v) is 5.85. The molecule has 4 heteroatoms. The zero-order chi connectivity index (χ0) is 13.3. The minimum atomic E-state index is -0.764. The smallest absolute Gasteiger partial charge is 0.137 e. The first-order valence-electron chi connectivity index (χ1n) is 5.38. The Morgan fingerprint density at radius 1 is 1.11 bits per heavy atom. The molecule has 0 saturated heterocycles. The minimum absolute atomic E-state index is 0.336. The van der Waals surface area contributed by atoms with E-state index in [1.165, 1.54) is 6.07 Å². The summed E-state index contributed by atoms with van der Waals surface area (Å²) in [5.74, 6) is -0.336. The van der Waals surface area contributed by atoms with Crippen LogP contribution in [0.3, 0.4) is 0 Å². The van der Waals surface area contributed by atoms with E-state index < -0.39 is 6.10 Å². The van der Waals surface area contributed by atoms with Crippen molar-refractivity contribution in [2.45, 2.75) is 13.0 Å². The lowest BCUT2D eigenvalue weighted by atomic mass is 9.98. The third kappa shape index (κ3) is 2.82. The van der Waals surface area contributed by atoms with Crippen molar-refractivity contribution < 1.29 is 9.50 Å². The number of hydrogen-bond acceptors (Lipinski definition) is 1. The molecule has 2 rings (SSSR count). The Morgan fingerprint density at radius 2 is 1.83 bits per heavy atom. The van der Waals surface area contributed by atoms with Gasteiger partial charge < -0.3 is 5.11 Å². The SMILES string of the molecule is Cc1ccc(Br)cc1C(O)c1ccc(F)c(Br)c1. The van der Waals surface area contributed by atoms with Crippen molar-refractivity contribution >= 4 is 31.9 Å². The molecular weight excluding hydrogens is 363 g/mol. The average Bonchev–Trinajstić information content (AvgIpc) is 2.35. The van der Waals surface area contributed by atoms with E-state index in [0.717, 1.165) is 15.6 Å². The molecule has 1 atom stereocenters. The third-order valence-electron chi connectivity index (χ3n) is 2.80. The molecule has 2 aromatic rings. The Morgan fingerprint density at radius 3 is 2.50 bits per heavy atom. The first-order chi connectivity index (χ1) is 8.49. The molecule has 0 aliphatic carbocycles. The van der Waals surface area contributed by atoms with Gasteiger partial charge in [0.1, 0.15) is 11.9 Å². The maximum atomic E-state index is 13.2. The first-order valence-corrected chi connectivity index (χ1v) is 6.96. The van der Waals surface area contributed by atoms with Crippen LogP contribution >= 0.6 is 31.9 Å². The van der Waals surface area contributed by atoms with Gasteiger partial charge in [0, 0.05) is 4.47 Å². The van der Waals surface area contributed by atoms with Gasteiger partial charge in [-0.25, -0.2) is 4.39 Å². The van der Waals surface area contributed by atoms with Crippen molar-refractivity contribution in [2.24, 2.45) is 0 Å². The maximum absolute atomic E-state index is 13.2. The molecule has 0 heterocycles. The van der Waals surface area contributed by atoms with Crippen molar-refractivity contribution in [3.8, 4) is 0 Å². The molecule has 0 aliphatic heterocycles. The van der Waals surface area contributed by atoms with Gasteiger partial charge in [0.05, 0.1) is 4.47 Å². The zero-order valence-electron chi connectivity index (χ0n) is 9.62. The average molecular weight is 374 g/mol. The third-order valence-corrected chi connectivity index (χ3v) is 3.90. The van der Waals surface area contributed by atoms with E-state index in [0.29, 0.717) is 10.0 Å². The highest BCUT2D eigenvalue weighted by Crippen LogP contribution is 2.29. The normalized spacial score (nSPS) is 12.5. The van der Waals surface area contributed by atoms with Gasteiger partial charge in [-0.3, -0.25) is 0 Å². The summed E-state index contributed by atoms with van der Waals surface area (Å²) in [6.45, 7) is 1.93. The van der Waals surface area contributed by atoms with E-state index in [1.807, 2.05) is 25.1 Å². The Balaban J connectivity index is 2.44. The summed E-state index contributed by atoms with van der Waals surface area (Å²) in [5, 5.41) is 10.3. The molecule has 18 heavy (non-hydrogen) atoms. The number of aliphatic hydroxyl groups excluding tert-OH is 1. The fraction of sp³-hybridized carbons (Fsp3) is 0.143. The van der Waals surface area contributed by atoms with Crippen LogP contribution in [0.4, 0.5) is 4.39 Å². The molecule has 0 fully saturated rings. The molecule has 94 valence electrons. The van der Waals surface area contributed by atoms with E-state index in [1.54, 1.807) is 12.1 Å². The summed E-state index contributed by atoms with van der Waals surface area (Å²) in [7, 11) is 0. The lowest BCUT2D eigenvalue weighted by Crippen LogP contribution is -2.02. The molecule has 1 nitrogen and oxygen atoms in total. The van der Waals surface area contributed by atoms with Gasteiger partial charge in [-0.2, -0.15) is 0 Å². The molecule has 2 aromatic carbocycles. The lowest BCUT2D eigenvalue weighted by molar-refractivity contribution is 0.219. The van der Waals surface area contributed by atoms with Crippen LogP contribution in [0.2, 0.25) is 0 Å². The van der Waals surface area contributed by atoms with Crippen LogP contribution in [0.15, 0.2) is 45.3 Å². The number of halogens is 3. The van der Waals surface area contributed by atoms with Crippen molar-refractivity contribution in [3.05, 3.63) is 67.9 Å². The molecule has 1 unspecified atom stereocenters. The predicted molar refractivity (Wildman–Crippen MR) is 77.0 cm³/mol. The van der Waals surface area contributed by atoms with Crippen LogP contribution in [0.5, 0.6) is 0 Å². The van der Waals surface area contributed by atoms with Crippen LogP contribution in [0, 0.1) is 12.7 Å². The first kappa shape index (κ1) is 13.7. The monoisotopic (exact) mass is 372 g/mol. The molecule has 0 spiro atoms. The largest absolute Gasteiger partial charge is 0.384 e.